The van der Waals surface area contributed by atoms with Crippen molar-refractivity contribution >= 4 is 32.6 Å². The van der Waals surface area contributed by atoms with Crippen molar-refractivity contribution in [3.8, 4) is 0 Å². The van der Waals surface area contributed by atoms with Crippen molar-refractivity contribution in [2.24, 2.45) is 0 Å². The third kappa shape index (κ3) is 4.51. The number of nitrogens with one attached hydrogen (secondary N) is 1. The number of fused-ring (bicyclic) bond motifs is 2. The van der Waals surface area contributed by atoms with Crippen LogP contribution in [0.25, 0.3) is 10.2 Å². The molecule has 152 valence electrons. The van der Waals surface area contributed by atoms with E-state index in [0.29, 0.717) is 6.54 Å². The van der Waals surface area contributed by atoms with E-state index in [9.17, 15) is 4.79 Å². The van der Waals surface area contributed by atoms with E-state index in [1.165, 1.54) is 34.4 Å². The maximum atomic E-state index is 13.5. The number of rotatable bonds is 6. The van der Waals surface area contributed by atoms with Crippen LogP contribution in [-0.2, 0) is 12.8 Å². The highest BCUT2D eigenvalue weighted by Gasteiger charge is 2.23. The standard InChI is InChI=1S/C24H29N3OS/c1-17-9-12-21-22(15-17)29-24(25-21)27(14-6-13-26(2)3)23(28)20-11-10-18-7-4-5-8-19(18)16-20/h9-12,15-16H,4-8,13-14H2,1-3H3/p+1. The number of aromatic nitrogens is 1. The second-order valence-corrected chi connectivity index (χ2v) is 9.43. The van der Waals surface area contributed by atoms with Gasteiger partial charge in [0.1, 0.15) is 0 Å². The van der Waals surface area contributed by atoms with Crippen molar-refractivity contribution < 1.29 is 9.69 Å². The maximum absolute atomic E-state index is 13.5. The van der Waals surface area contributed by atoms with Gasteiger partial charge in [0.2, 0.25) is 0 Å². The highest BCUT2D eigenvalue weighted by molar-refractivity contribution is 7.22. The topological polar surface area (TPSA) is 37.6 Å². The van der Waals surface area contributed by atoms with Crippen molar-refractivity contribution in [1.29, 1.82) is 0 Å². The molecule has 0 spiro atoms. The lowest BCUT2D eigenvalue weighted by Crippen LogP contribution is -3.05. The Morgan fingerprint density at radius 3 is 2.69 bits per heavy atom. The highest BCUT2D eigenvalue weighted by atomic mass is 32.1. The molecule has 1 aliphatic rings. The number of quaternary nitrogens is 1. The monoisotopic (exact) mass is 408 g/mol. The van der Waals surface area contributed by atoms with Gasteiger partial charge in [-0.05, 0) is 73.6 Å². The largest absolute Gasteiger partial charge is 0.340 e. The average Bonchev–Trinajstić information content (AvgIpc) is 3.13. The van der Waals surface area contributed by atoms with E-state index in [1.807, 2.05) is 11.0 Å². The summed E-state index contributed by atoms with van der Waals surface area (Å²) in [6.07, 6.45) is 5.65. The first-order valence-electron chi connectivity index (χ1n) is 10.6. The second kappa shape index (κ2) is 8.64. The first-order valence-corrected chi connectivity index (χ1v) is 11.4. The zero-order valence-corrected chi connectivity index (χ0v) is 18.4. The fourth-order valence-corrected chi connectivity index (χ4v) is 5.12. The van der Waals surface area contributed by atoms with E-state index in [2.05, 4.69) is 51.4 Å². The third-order valence-electron chi connectivity index (χ3n) is 5.66. The first kappa shape index (κ1) is 20.0. The summed E-state index contributed by atoms with van der Waals surface area (Å²) in [6.45, 7) is 3.81. The SMILES string of the molecule is Cc1ccc2nc(N(CCC[NH+](C)C)C(=O)c3ccc4c(c3)CCCC4)sc2c1. The van der Waals surface area contributed by atoms with E-state index in [-0.39, 0.29) is 5.91 Å². The molecule has 0 unspecified atom stereocenters. The van der Waals surface area contributed by atoms with Crippen LogP contribution in [0, 0.1) is 6.92 Å². The van der Waals surface area contributed by atoms with E-state index < -0.39 is 0 Å². The van der Waals surface area contributed by atoms with Crippen molar-refractivity contribution in [2.45, 2.75) is 39.0 Å². The second-order valence-electron chi connectivity index (χ2n) is 8.43. The minimum atomic E-state index is 0.0721. The molecule has 1 N–H and O–H groups in total. The zero-order chi connectivity index (χ0) is 20.4. The summed E-state index contributed by atoms with van der Waals surface area (Å²) in [7, 11) is 4.30. The van der Waals surface area contributed by atoms with Gasteiger partial charge in [-0.25, -0.2) is 4.98 Å². The van der Waals surface area contributed by atoms with Crippen LogP contribution in [0.4, 0.5) is 5.13 Å². The lowest BCUT2D eigenvalue weighted by atomic mass is 9.90. The van der Waals surface area contributed by atoms with Crippen LogP contribution in [0.15, 0.2) is 36.4 Å². The normalized spacial score (nSPS) is 13.7. The van der Waals surface area contributed by atoms with Gasteiger partial charge in [0.15, 0.2) is 5.13 Å². The molecule has 0 atom stereocenters. The van der Waals surface area contributed by atoms with Crippen molar-refractivity contribution in [1.82, 2.24) is 4.98 Å². The number of carbonyl (C=O) groups is 1. The predicted octanol–water partition coefficient (Wildman–Crippen LogP) is 3.66. The fraction of sp³-hybridized carbons (Fsp3) is 0.417. The van der Waals surface area contributed by atoms with Crippen LogP contribution < -0.4 is 9.80 Å². The molecule has 1 aromatic heterocycles. The Bertz CT molecular complexity index is 1020. The van der Waals surface area contributed by atoms with Crippen molar-refractivity contribution in [2.75, 3.05) is 32.1 Å². The molecule has 0 saturated carbocycles. The van der Waals surface area contributed by atoms with Gasteiger partial charge in [-0.3, -0.25) is 9.69 Å². The fourth-order valence-electron chi connectivity index (χ4n) is 4.03. The maximum Gasteiger partial charge on any atom is 0.260 e. The van der Waals surface area contributed by atoms with Gasteiger partial charge < -0.3 is 4.90 Å². The minimum absolute atomic E-state index is 0.0721. The average molecular weight is 409 g/mol. The molecule has 29 heavy (non-hydrogen) atoms. The van der Waals surface area contributed by atoms with Gasteiger partial charge in [-0.2, -0.15) is 0 Å². The Hall–Kier alpha value is -2.24. The van der Waals surface area contributed by atoms with Crippen LogP contribution in [-0.4, -0.2) is 38.1 Å². The van der Waals surface area contributed by atoms with E-state index >= 15 is 0 Å². The lowest BCUT2D eigenvalue weighted by molar-refractivity contribution is -0.858. The van der Waals surface area contributed by atoms with E-state index in [4.69, 9.17) is 4.98 Å². The number of thiazole rings is 1. The summed E-state index contributed by atoms with van der Waals surface area (Å²) in [5.74, 6) is 0.0721. The Morgan fingerprint density at radius 1 is 1.10 bits per heavy atom. The van der Waals surface area contributed by atoms with Gasteiger partial charge in [-0.1, -0.05) is 23.5 Å². The number of anilines is 1. The van der Waals surface area contributed by atoms with Crippen molar-refractivity contribution in [3.63, 3.8) is 0 Å². The molecule has 4 nitrogen and oxygen atoms in total. The molecule has 5 heteroatoms. The summed E-state index contributed by atoms with van der Waals surface area (Å²) in [6, 6.07) is 12.6. The molecule has 0 aliphatic heterocycles. The van der Waals surface area contributed by atoms with Gasteiger partial charge in [0.25, 0.3) is 5.91 Å². The van der Waals surface area contributed by atoms with Gasteiger partial charge in [0.05, 0.1) is 30.9 Å². The molecular formula is C24H30N3OS+. The molecule has 3 aromatic rings. The molecule has 0 radical (unpaired) electrons. The Kier molecular flexibility index (Phi) is 5.97. The number of hydrogen-bond acceptors (Lipinski definition) is 3. The zero-order valence-electron chi connectivity index (χ0n) is 17.6. The molecule has 1 amide bonds. The lowest BCUT2D eigenvalue weighted by Gasteiger charge is -2.22. The number of carbonyl (C=O) groups excluding carboxylic acids is 1. The Balaban J connectivity index is 1.66. The van der Waals surface area contributed by atoms with Crippen LogP contribution >= 0.6 is 11.3 Å². The Labute approximate surface area is 177 Å². The summed E-state index contributed by atoms with van der Waals surface area (Å²) in [4.78, 5) is 21.6. The van der Waals surface area contributed by atoms with Gasteiger partial charge in [-0.15, -0.1) is 0 Å². The van der Waals surface area contributed by atoms with Gasteiger partial charge >= 0.3 is 0 Å². The smallest absolute Gasteiger partial charge is 0.260 e. The highest BCUT2D eigenvalue weighted by Crippen LogP contribution is 2.31. The molecule has 0 fully saturated rings. The Morgan fingerprint density at radius 2 is 1.90 bits per heavy atom. The summed E-state index contributed by atoms with van der Waals surface area (Å²) >= 11 is 1.62. The van der Waals surface area contributed by atoms with Crippen LogP contribution in [0.1, 0.15) is 46.3 Å². The molecule has 2 aromatic carbocycles. The molecule has 1 heterocycles. The molecule has 1 aliphatic carbocycles. The summed E-state index contributed by atoms with van der Waals surface area (Å²) < 4.78 is 1.14. The molecule has 4 rings (SSSR count). The van der Waals surface area contributed by atoms with E-state index in [1.54, 1.807) is 11.3 Å². The predicted molar refractivity (Wildman–Crippen MR) is 121 cm³/mol. The summed E-state index contributed by atoms with van der Waals surface area (Å²) in [5.41, 5.74) is 5.73. The van der Waals surface area contributed by atoms with Gasteiger partial charge in [0, 0.05) is 18.5 Å². The first-order chi connectivity index (χ1) is 14.0. The molecule has 0 bridgehead atoms. The van der Waals surface area contributed by atoms with Crippen LogP contribution in [0.3, 0.4) is 0 Å². The van der Waals surface area contributed by atoms with E-state index in [0.717, 1.165) is 46.7 Å². The number of amides is 1. The molecule has 0 saturated heterocycles. The van der Waals surface area contributed by atoms with Crippen molar-refractivity contribution in [3.05, 3.63) is 58.7 Å². The quantitative estimate of drug-likeness (QED) is 0.676. The number of aryl methyl sites for hydroxylation is 3. The number of hydrogen-bond donors (Lipinski definition) is 1. The van der Waals surface area contributed by atoms with Crippen LogP contribution in [0.5, 0.6) is 0 Å². The number of benzene rings is 2. The summed E-state index contributed by atoms with van der Waals surface area (Å²) in [5, 5.41) is 0.807. The van der Waals surface area contributed by atoms with Crippen LogP contribution in [0.2, 0.25) is 0 Å². The third-order valence-corrected chi connectivity index (χ3v) is 6.70. The minimum Gasteiger partial charge on any atom is -0.340 e. The number of nitrogens with zero attached hydrogens (tertiary/aromatic N) is 2. The molecular weight excluding hydrogens is 378 g/mol.